The van der Waals surface area contributed by atoms with Gasteiger partial charge in [-0.2, -0.15) is 26.3 Å². The molecule has 43 heavy (non-hydrogen) atoms. The molecule has 17 heteroatoms. The maximum atomic E-state index is 10.6. The van der Waals surface area contributed by atoms with Crippen molar-refractivity contribution >= 4 is 39.0 Å². The summed E-state index contributed by atoms with van der Waals surface area (Å²) in [6.45, 7) is 2.06. The molecule has 0 aliphatic heterocycles. The van der Waals surface area contributed by atoms with E-state index in [0.29, 0.717) is 6.61 Å². The highest BCUT2D eigenvalue weighted by molar-refractivity contribution is 9.10. The van der Waals surface area contributed by atoms with Crippen molar-refractivity contribution in [2.75, 3.05) is 20.3 Å². The van der Waals surface area contributed by atoms with Gasteiger partial charge in [-0.25, -0.2) is 19.6 Å². The van der Waals surface area contributed by atoms with Gasteiger partial charge in [0, 0.05) is 34.9 Å². The van der Waals surface area contributed by atoms with Crippen LogP contribution in [0.5, 0.6) is 11.5 Å². The number of aliphatic carboxylic acids is 2. The fourth-order valence-electron chi connectivity index (χ4n) is 3.03. The Kier molecular flexibility index (Phi) is 12.7. The summed E-state index contributed by atoms with van der Waals surface area (Å²) in [6.07, 6.45) is -8.41. The molecule has 0 saturated heterocycles. The molecule has 10 nitrogen and oxygen atoms in total. The van der Waals surface area contributed by atoms with Crippen molar-refractivity contribution in [3.05, 3.63) is 70.8 Å². The quantitative estimate of drug-likeness (QED) is 0.133. The van der Waals surface area contributed by atoms with Crippen LogP contribution in [0.2, 0.25) is 0 Å². The number of aromatic amines is 1. The van der Waals surface area contributed by atoms with Gasteiger partial charge in [0.15, 0.2) is 5.65 Å². The molecule has 0 aliphatic carbocycles. The van der Waals surface area contributed by atoms with Crippen LogP contribution in [0, 0.1) is 0 Å². The number of ether oxygens (including phenoxy) is 2. The third kappa shape index (κ3) is 11.8. The molecule has 0 atom stereocenters. The zero-order chi connectivity index (χ0) is 32.2. The van der Waals surface area contributed by atoms with Gasteiger partial charge in [-0.05, 0) is 52.3 Å². The Bertz CT molecular complexity index is 1470. The second-order valence-corrected chi connectivity index (χ2v) is 8.99. The number of hydrogen-bond acceptors (Lipinski definition) is 7. The van der Waals surface area contributed by atoms with Crippen molar-refractivity contribution in [1.29, 1.82) is 0 Å². The summed E-state index contributed by atoms with van der Waals surface area (Å²) in [5.74, 6) is -3.01. The largest absolute Gasteiger partial charge is 0.496 e. The number of hydrogen-bond donors (Lipinski definition) is 4. The van der Waals surface area contributed by atoms with E-state index in [1.54, 1.807) is 13.3 Å². The summed E-state index contributed by atoms with van der Waals surface area (Å²) in [4.78, 5) is 30.0. The number of alkyl halides is 6. The zero-order valence-corrected chi connectivity index (χ0v) is 23.5. The number of nitrogens with one attached hydrogen (secondary N) is 2. The average Bonchev–Trinajstić information content (AvgIpc) is 3.36. The second kappa shape index (κ2) is 15.7. The minimum atomic E-state index is -5.08. The molecule has 0 spiro atoms. The zero-order valence-electron chi connectivity index (χ0n) is 22.0. The Balaban J connectivity index is 0.000000384. The molecule has 0 fully saturated rings. The van der Waals surface area contributed by atoms with E-state index in [0.717, 1.165) is 57.2 Å². The molecule has 2 aromatic carbocycles. The van der Waals surface area contributed by atoms with Gasteiger partial charge in [0.2, 0.25) is 0 Å². The van der Waals surface area contributed by atoms with E-state index in [4.69, 9.17) is 29.3 Å². The molecule has 0 amide bonds. The van der Waals surface area contributed by atoms with Gasteiger partial charge in [-0.15, -0.1) is 0 Å². The topological polar surface area (TPSA) is 147 Å². The number of carboxylic acids is 2. The van der Waals surface area contributed by atoms with Crippen LogP contribution in [0.3, 0.4) is 0 Å². The number of nitrogens with zero attached hydrogens (tertiary/aromatic N) is 2. The van der Waals surface area contributed by atoms with Crippen LogP contribution in [0.15, 0.2) is 65.3 Å². The molecule has 0 aliphatic rings. The lowest BCUT2D eigenvalue weighted by Gasteiger charge is -2.10. The lowest BCUT2D eigenvalue weighted by molar-refractivity contribution is -0.193. The lowest BCUT2D eigenvalue weighted by Crippen LogP contribution is -2.21. The van der Waals surface area contributed by atoms with Crippen LogP contribution in [0.25, 0.3) is 22.6 Å². The Morgan fingerprint density at radius 3 is 2.12 bits per heavy atom. The molecule has 2 heterocycles. The molecule has 4 N–H and O–H groups in total. The van der Waals surface area contributed by atoms with Gasteiger partial charge in [0.05, 0.1) is 7.11 Å². The SMILES string of the molecule is COc1ccccc1CNCCOc1ccc(-c2nc3cc(Br)cnc3[nH]2)cc1.O=C(O)C(F)(F)F.O=C(O)C(F)(F)F. The van der Waals surface area contributed by atoms with Gasteiger partial charge >= 0.3 is 24.3 Å². The van der Waals surface area contributed by atoms with Crippen LogP contribution < -0.4 is 14.8 Å². The number of benzene rings is 2. The minimum absolute atomic E-state index is 0.580. The monoisotopic (exact) mass is 680 g/mol. The van der Waals surface area contributed by atoms with E-state index in [1.807, 2.05) is 48.5 Å². The summed E-state index contributed by atoms with van der Waals surface area (Å²) in [6, 6.07) is 17.8. The van der Waals surface area contributed by atoms with Crippen molar-refractivity contribution in [3.8, 4) is 22.9 Å². The number of fused-ring (bicyclic) bond motifs is 1. The third-order valence-corrected chi connectivity index (χ3v) is 5.41. The highest BCUT2D eigenvalue weighted by Crippen LogP contribution is 2.23. The maximum absolute atomic E-state index is 10.6. The predicted octanol–water partition coefficient (Wildman–Crippen LogP) is 5.83. The fraction of sp³-hybridized carbons (Fsp3) is 0.231. The van der Waals surface area contributed by atoms with Crippen molar-refractivity contribution < 1.29 is 55.6 Å². The summed E-state index contributed by atoms with van der Waals surface area (Å²) < 4.78 is 75.6. The molecule has 4 aromatic rings. The van der Waals surface area contributed by atoms with E-state index in [9.17, 15) is 26.3 Å². The summed E-state index contributed by atoms with van der Waals surface area (Å²) in [7, 11) is 1.69. The molecule has 0 bridgehead atoms. The number of methoxy groups -OCH3 is 1. The number of rotatable bonds is 8. The average molecular weight is 681 g/mol. The van der Waals surface area contributed by atoms with E-state index in [-0.39, 0.29) is 0 Å². The number of pyridine rings is 1. The Labute approximate surface area is 247 Å². The predicted molar refractivity (Wildman–Crippen MR) is 145 cm³/mol. The van der Waals surface area contributed by atoms with Crippen LogP contribution in [-0.2, 0) is 16.1 Å². The van der Waals surface area contributed by atoms with Gasteiger partial charge in [-0.1, -0.05) is 18.2 Å². The first-order valence-electron chi connectivity index (χ1n) is 11.8. The van der Waals surface area contributed by atoms with Crippen molar-refractivity contribution in [2.24, 2.45) is 0 Å². The third-order valence-electron chi connectivity index (χ3n) is 4.97. The lowest BCUT2D eigenvalue weighted by atomic mass is 10.2. The molecule has 232 valence electrons. The van der Waals surface area contributed by atoms with E-state index in [2.05, 4.69) is 42.3 Å². The standard InChI is InChI=1S/C22H21BrN4O2.2C2HF3O2/c1-28-20-5-3-2-4-16(20)13-24-10-11-29-18-8-6-15(7-9-18)21-26-19-12-17(23)14-25-22(19)27-21;2*3-2(4,5)1(6)7/h2-9,12,14,24H,10-11,13H2,1H3,(H,25,26,27);2*(H,6,7). The molecule has 4 rings (SSSR count). The summed E-state index contributed by atoms with van der Waals surface area (Å²) in [5.41, 5.74) is 3.72. The fourth-order valence-corrected chi connectivity index (χ4v) is 3.35. The number of aromatic nitrogens is 3. The molecule has 0 saturated carbocycles. The smallest absolute Gasteiger partial charge is 0.490 e. The number of para-hydroxylation sites is 1. The van der Waals surface area contributed by atoms with Crippen molar-refractivity contribution in [2.45, 2.75) is 18.9 Å². The second-order valence-electron chi connectivity index (χ2n) is 8.07. The number of carboxylic acid groups (broad SMARTS) is 2. The molecular weight excluding hydrogens is 658 g/mol. The first-order chi connectivity index (χ1) is 20.1. The van der Waals surface area contributed by atoms with E-state index in [1.165, 1.54) is 0 Å². The summed E-state index contributed by atoms with van der Waals surface area (Å²) >= 11 is 3.42. The van der Waals surface area contributed by atoms with E-state index >= 15 is 0 Å². The molecule has 0 unspecified atom stereocenters. The van der Waals surface area contributed by atoms with Crippen LogP contribution in [-0.4, -0.2) is 69.7 Å². The van der Waals surface area contributed by atoms with Crippen LogP contribution in [0.4, 0.5) is 26.3 Å². The van der Waals surface area contributed by atoms with Gasteiger partial charge in [0.1, 0.15) is 29.4 Å². The number of carbonyl (C=O) groups is 2. The molecular formula is C26H23BrF6N4O6. The minimum Gasteiger partial charge on any atom is -0.496 e. The highest BCUT2D eigenvalue weighted by atomic mass is 79.9. The highest BCUT2D eigenvalue weighted by Gasteiger charge is 2.38. The summed E-state index contributed by atoms with van der Waals surface area (Å²) in [5, 5.41) is 17.6. The van der Waals surface area contributed by atoms with Crippen molar-refractivity contribution in [1.82, 2.24) is 20.3 Å². The van der Waals surface area contributed by atoms with Crippen LogP contribution in [0.1, 0.15) is 5.56 Å². The van der Waals surface area contributed by atoms with Gasteiger partial charge < -0.3 is 30.0 Å². The Morgan fingerprint density at radius 1 is 0.977 bits per heavy atom. The van der Waals surface area contributed by atoms with Gasteiger partial charge in [-0.3, -0.25) is 0 Å². The maximum Gasteiger partial charge on any atom is 0.490 e. The first-order valence-corrected chi connectivity index (χ1v) is 12.6. The normalized spacial score (nSPS) is 11.1. The number of imidazole rings is 1. The van der Waals surface area contributed by atoms with Gasteiger partial charge in [0.25, 0.3) is 0 Å². The Morgan fingerprint density at radius 2 is 1.56 bits per heavy atom. The van der Waals surface area contributed by atoms with Crippen molar-refractivity contribution in [3.63, 3.8) is 0 Å². The number of H-pyrrole nitrogens is 1. The number of halogens is 7. The Hall–Kier alpha value is -4.38. The molecule has 2 aromatic heterocycles. The first kappa shape index (κ1) is 34.8. The van der Waals surface area contributed by atoms with E-state index < -0.39 is 24.3 Å². The van der Waals surface area contributed by atoms with Crippen LogP contribution >= 0.6 is 15.9 Å². The molecule has 0 radical (unpaired) electrons.